The van der Waals surface area contributed by atoms with E-state index >= 15 is 0 Å². The number of thioether (sulfide) groups is 1. The molecule has 5 rings (SSSR count). The summed E-state index contributed by atoms with van der Waals surface area (Å²) >= 11 is 3.40. The van der Waals surface area contributed by atoms with Gasteiger partial charge < -0.3 is 4.40 Å². The maximum Gasteiger partial charge on any atom is 0.196 e. The molecule has 0 saturated heterocycles. The monoisotopic (exact) mass is 403 g/mol. The molecule has 0 N–H and O–H groups in total. The quantitative estimate of drug-likeness (QED) is 0.380. The van der Waals surface area contributed by atoms with Crippen LogP contribution in [0.1, 0.15) is 16.4 Å². The van der Waals surface area contributed by atoms with Crippen molar-refractivity contribution in [3.63, 3.8) is 0 Å². The number of pyridine rings is 1. The van der Waals surface area contributed by atoms with Crippen LogP contribution in [-0.2, 0) is 12.2 Å². The molecule has 0 spiro atoms. The van der Waals surface area contributed by atoms with Gasteiger partial charge in [-0.1, -0.05) is 42.1 Å². The van der Waals surface area contributed by atoms with Gasteiger partial charge >= 0.3 is 0 Å². The summed E-state index contributed by atoms with van der Waals surface area (Å²) in [5.41, 5.74) is 3.07. The largest absolute Gasteiger partial charge is 0.307 e. The van der Waals surface area contributed by atoms with E-state index in [0.29, 0.717) is 0 Å². The Bertz CT molecular complexity index is 1160. The van der Waals surface area contributed by atoms with Crippen LogP contribution >= 0.6 is 23.1 Å². The molecule has 0 atom stereocenters. The van der Waals surface area contributed by atoms with Crippen LogP contribution in [0.4, 0.5) is 0 Å². The Labute approximate surface area is 170 Å². The topological polar surface area (TPSA) is 48.0 Å². The Morgan fingerprint density at radius 2 is 1.82 bits per heavy atom. The van der Waals surface area contributed by atoms with Crippen molar-refractivity contribution in [2.75, 3.05) is 0 Å². The van der Waals surface area contributed by atoms with Gasteiger partial charge in [0.15, 0.2) is 5.16 Å². The van der Waals surface area contributed by atoms with Crippen molar-refractivity contribution in [3.05, 3.63) is 94.8 Å². The van der Waals surface area contributed by atoms with Gasteiger partial charge in [-0.05, 0) is 35.7 Å². The van der Waals surface area contributed by atoms with Crippen molar-refractivity contribution in [1.82, 2.24) is 24.1 Å². The Balaban J connectivity index is 1.45. The van der Waals surface area contributed by atoms with Crippen molar-refractivity contribution in [2.24, 2.45) is 0 Å². The molecular formula is C21H17N5S2. The van der Waals surface area contributed by atoms with E-state index in [2.05, 4.69) is 55.6 Å². The van der Waals surface area contributed by atoms with Gasteiger partial charge in [-0.3, -0.25) is 4.57 Å². The first-order valence-electron chi connectivity index (χ1n) is 8.94. The van der Waals surface area contributed by atoms with Crippen LogP contribution in [0.2, 0.25) is 0 Å². The fourth-order valence-electron chi connectivity index (χ4n) is 3.11. The van der Waals surface area contributed by atoms with Crippen molar-refractivity contribution in [3.8, 4) is 5.69 Å². The van der Waals surface area contributed by atoms with E-state index in [0.717, 1.165) is 40.2 Å². The van der Waals surface area contributed by atoms with Gasteiger partial charge in [0, 0.05) is 35.1 Å². The van der Waals surface area contributed by atoms with Gasteiger partial charge in [0.2, 0.25) is 0 Å². The lowest BCUT2D eigenvalue weighted by Crippen LogP contribution is -2.03. The van der Waals surface area contributed by atoms with E-state index in [4.69, 9.17) is 0 Å². The number of hydrogen-bond acceptors (Lipinski definition) is 5. The van der Waals surface area contributed by atoms with Crippen LogP contribution in [0.3, 0.4) is 0 Å². The molecule has 0 aliphatic heterocycles. The van der Waals surface area contributed by atoms with Gasteiger partial charge in [-0.2, -0.15) is 0 Å². The molecule has 4 aromatic heterocycles. The Morgan fingerprint density at radius 1 is 0.929 bits per heavy atom. The highest BCUT2D eigenvalue weighted by Gasteiger charge is 2.16. The molecule has 0 aliphatic rings. The second-order valence-corrected chi connectivity index (χ2v) is 8.29. The number of nitrogens with zero attached hydrogens (tertiary/aromatic N) is 5. The van der Waals surface area contributed by atoms with Gasteiger partial charge in [-0.15, -0.1) is 21.5 Å². The van der Waals surface area contributed by atoms with E-state index in [1.54, 1.807) is 23.1 Å². The summed E-state index contributed by atoms with van der Waals surface area (Å²) in [7, 11) is 0. The lowest BCUT2D eigenvalue weighted by atomic mass is 10.3. The minimum absolute atomic E-state index is 0.742. The van der Waals surface area contributed by atoms with E-state index in [1.165, 1.54) is 4.88 Å². The lowest BCUT2D eigenvalue weighted by Gasteiger charge is -2.09. The summed E-state index contributed by atoms with van der Waals surface area (Å²) in [5.74, 6) is 1.69. The van der Waals surface area contributed by atoms with E-state index in [-0.39, 0.29) is 0 Å². The molecule has 5 aromatic rings. The third-order valence-corrected chi connectivity index (χ3v) is 6.23. The molecule has 7 heteroatoms. The summed E-state index contributed by atoms with van der Waals surface area (Å²) in [4.78, 5) is 5.96. The average Bonchev–Trinajstić information content (AvgIpc) is 3.47. The molecule has 0 unspecified atom stereocenters. The van der Waals surface area contributed by atoms with Gasteiger partial charge in [0.25, 0.3) is 0 Å². The molecule has 0 bridgehead atoms. The van der Waals surface area contributed by atoms with Crippen LogP contribution in [0.5, 0.6) is 0 Å². The summed E-state index contributed by atoms with van der Waals surface area (Å²) < 4.78 is 4.19. The Morgan fingerprint density at radius 3 is 2.64 bits per heavy atom. The fraction of sp³-hybridized carbons (Fsp3) is 0.0952. The second kappa shape index (κ2) is 7.61. The zero-order valence-electron chi connectivity index (χ0n) is 15.0. The normalized spacial score (nSPS) is 11.3. The molecule has 4 heterocycles. The summed E-state index contributed by atoms with van der Waals surface area (Å²) in [6.07, 6.45) is 4.86. The molecule has 5 nitrogen and oxygen atoms in total. The molecule has 0 aliphatic carbocycles. The number of aromatic nitrogens is 5. The highest BCUT2D eigenvalue weighted by atomic mass is 32.2. The van der Waals surface area contributed by atoms with E-state index in [9.17, 15) is 0 Å². The number of benzene rings is 1. The SMILES string of the molecule is c1ccc(-n2c(Cc3cccs3)nnc2SCc2cn3ccccc3n2)cc1. The predicted molar refractivity (Wildman–Crippen MR) is 113 cm³/mol. The Kier molecular flexibility index (Phi) is 4.68. The van der Waals surface area contributed by atoms with Crippen molar-refractivity contribution in [1.29, 1.82) is 0 Å². The summed E-state index contributed by atoms with van der Waals surface area (Å²) in [5, 5.41) is 12.0. The molecule has 0 fully saturated rings. The third kappa shape index (κ3) is 3.46. The zero-order chi connectivity index (χ0) is 18.8. The van der Waals surface area contributed by atoms with Crippen molar-refractivity contribution < 1.29 is 0 Å². The van der Waals surface area contributed by atoms with E-state index in [1.807, 2.05) is 47.0 Å². The highest BCUT2D eigenvalue weighted by molar-refractivity contribution is 7.98. The van der Waals surface area contributed by atoms with Crippen molar-refractivity contribution in [2.45, 2.75) is 17.3 Å². The molecule has 0 amide bonds. The Hall–Kier alpha value is -2.90. The number of para-hydroxylation sites is 1. The molecule has 1 aromatic carbocycles. The number of thiophene rings is 1. The summed E-state index contributed by atoms with van der Waals surface area (Å²) in [6, 6.07) is 20.5. The zero-order valence-corrected chi connectivity index (χ0v) is 16.6. The maximum atomic E-state index is 4.68. The average molecular weight is 404 g/mol. The molecule has 0 saturated carbocycles. The minimum Gasteiger partial charge on any atom is -0.307 e. The predicted octanol–water partition coefficient (Wildman–Crippen LogP) is 4.86. The van der Waals surface area contributed by atoms with Gasteiger partial charge in [0.1, 0.15) is 11.5 Å². The minimum atomic E-state index is 0.742. The standard InChI is InChI=1S/C21H17N5S2/c1-2-7-17(8-3-1)26-20(13-18-9-6-12-27-18)23-24-21(26)28-15-16-14-25-11-5-4-10-19(25)22-16/h1-12,14H,13,15H2. The molecular weight excluding hydrogens is 386 g/mol. The van der Waals surface area contributed by atoms with Crippen LogP contribution in [-0.4, -0.2) is 24.1 Å². The molecule has 0 radical (unpaired) electrons. The van der Waals surface area contributed by atoms with Crippen LogP contribution in [0.25, 0.3) is 11.3 Å². The highest BCUT2D eigenvalue weighted by Crippen LogP contribution is 2.26. The number of rotatable bonds is 6. The molecule has 138 valence electrons. The first-order chi connectivity index (χ1) is 13.9. The van der Waals surface area contributed by atoms with Crippen LogP contribution in [0.15, 0.2) is 83.6 Å². The van der Waals surface area contributed by atoms with Gasteiger partial charge in [0.05, 0.1) is 5.69 Å². The number of hydrogen-bond donors (Lipinski definition) is 0. The first-order valence-corrected chi connectivity index (χ1v) is 10.8. The first kappa shape index (κ1) is 17.2. The maximum absolute atomic E-state index is 4.68. The van der Waals surface area contributed by atoms with Crippen molar-refractivity contribution >= 4 is 28.7 Å². The molecule has 28 heavy (non-hydrogen) atoms. The third-order valence-electron chi connectivity index (χ3n) is 4.39. The van der Waals surface area contributed by atoms with E-state index < -0.39 is 0 Å². The number of imidazole rings is 1. The fourth-order valence-corrected chi connectivity index (χ4v) is 4.66. The van der Waals surface area contributed by atoms with Gasteiger partial charge in [-0.25, -0.2) is 4.98 Å². The second-order valence-electron chi connectivity index (χ2n) is 6.31. The summed E-state index contributed by atoms with van der Waals surface area (Å²) in [6.45, 7) is 0. The number of fused-ring (bicyclic) bond motifs is 1. The van der Waals surface area contributed by atoms with Crippen LogP contribution in [0, 0.1) is 0 Å². The lowest BCUT2D eigenvalue weighted by molar-refractivity contribution is 0.850. The smallest absolute Gasteiger partial charge is 0.196 e. The van der Waals surface area contributed by atoms with Crippen LogP contribution < -0.4 is 0 Å².